The molecule has 4 bridgehead atoms. The van der Waals surface area contributed by atoms with E-state index in [1.54, 1.807) is 19.1 Å². The Morgan fingerprint density at radius 3 is 1.94 bits per heavy atom. The van der Waals surface area contributed by atoms with Crippen LogP contribution in [0.5, 0.6) is 23.0 Å². The average molecular weight is 650 g/mol. The number of carbonyl (C=O) groups is 1. The lowest BCUT2D eigenvalue weighted by Gasteiger charge is -2.63. The van der Waals surface area contributed by atoms with Gasteiger partial charge >= 0.3 is 0 Å². The number of hydrogen-bond acceptors (Lipinski definition) is 8. The van der Waals surface area contributed by atoms with Gasteiger partial charge in [0.2, 0.25) is 5.91 Å². The second kappa shape index (κ2) is 8.01. The van der Waals surface area contributed by atoms with Gasteiger partial charge in [-0.3, -0.25) is 9.69 Å². The predicted molar refractivity (Wildman–Crippen MR) is 170 cm³/mol. The quantitative estimate of drug-likeness (QED) is 0.286. The van der Waals surface area contributed by atoms with Crippen LogP contribution in [0.25, 0.3) is 0 Å². The van der Waals surface area contributed by atoms with Gasteiger partial charge in [-0.2, -0.15) is 0 Å². The SMILES string of the molecule is CC(=O)N1CC[C@]23c4c5ccc(O)c4O[C@H]2c2[nH]c4c(c2C[C@@]3(O)[C@H]1C5)C[C@@]1(O)[C@H]2Cc3ccc(O)c5c3[C@@]1(CCN2CC1CC1)[C@H]4O5. The van der Waals surface area contributed by atoms with E-state index >= 15 is 0 Å². The number of aromatic amines is 1. The van der Waals surface area contributed by atoms with Crippen molar-refractivity contribution in [1.29, 1.82) is 0 Å². The second-order valence-corrected chi connectivity index (χ2v) is 16.5. The predicted octanol–water partition coefficient (Wildman–Crippen LogP) is 2.96. The molecule has 3 aromatic rings. The van der Waals surface area contributed by atoms with Gasteiger partial charge < -0.3 is 39.8 Å². The van der Waals surface area contributed by atoms with E-state index in [1.165, 1.54) is 12.8 Å². The topological polar surface area (TPSA) is 139 Å². The van der Waals surface area contributed by atoms with E-state index in [9.17, 15) is 25.2 Å². The van der Waals surface area contributed by atoms with Crippen LogP contribution in [-0.2, 0) is 41.3 Å². The van der Waals surface area contributed by atoms with Gasteiger partial charge in [-0.1, -0.05) is 12.1 Å². The summed E-state index contributed by atoms with van der Waals surface area (Å²) in [6.07, 6.45) is 4.42. The summed E-state index contributed by atoms with van der Waals surface area (Å²) in [5.74, 6) is 1.71. The lowest BCUT2D eigenvalue weighted by Crippen LogP contribution is -2.75. The third-order valence-corrected chi connectivity index (χ3v) is 14.8. The molecule has 5 aliphatic carbocycles. The minimum absolute atomic E-state index is 0.0575. The molecular weight excluding hydrogens is 610 g/mol. The number of carbonyl (C=O) groups excluding carboxylic acids is 1. The van der Waals surface area contributed by atoms with E-state index < -0.39 is 40.3 Å². The summed E-state index contributed by atoms with van der Waals surface area (Å²) < 4.78 is 13.7. The zero-order chi connectivity index (χ0) is 32.3. The van der Waals surface area contributed by atoms with Crippen LogP contribution in [0.3, 0.4) is 0 Å². The van der Waals surface area contributed by atoms with Crippen molar-refractivity contribution >= 4 is 5.91 Å². The molecule has 0 unspecified atom stereocenters. The minimum Gasteiger partial charge on any atom is -0.504 e. The molecule has 5 heterocycles. The van der Waals surface area contributed by atoms with E-state index in [1.807, 2.05) is 17.0 Å². The standard InChI is InChI=1S/C38H39N3O7/c1-17(42)41-11-9-36-28-20-5-7-24(44)32(28)48-34(36)30-22(15-38(36,46)26(41)13-20)21-14-37(45)25-12-19-4-6-23(43)31-27(19)35(37,33(47-31)29(21)39-30)8-10-40(25)16-18-2-3-18/h4-7,18,25-26,33-34,39,43-46H,2-3,8-16H2,1H3/t25-,26-,33+,34+,35+,36+,37-,38-/m1/s1. The van der Waals surface area contributed by atoms with Gasteiger partial charge in [0.15, 0.2) is 35.2 Å². The Bertz CT molecular complexity index is 2060. The van der Waals surface area contributed by atoms with Crippen LogP contribution in [-0.4, -0.2) is 84.0 Å². The molecule has 3 fully saturated rings. The molecule has 10 heteroatoms. The zero-order valence-electron chi connectivity index (χ0n) is 26.9. The maximum absolute atomic E-state index is 13.4. The number of ether oxygens (including phenoxy) is 2. The normalized spacial score (nSPS) is 39.9. The number of likely N-dealkylation sites (tertiary alicyclic amines) is 2. The highest BCUT2D eigenvalue weighted by molar-refractivity contribution is 5.76. The Morgan fingerprint density at radius 2 is 1.38 bits per heavy atom. The Hall–Kier alpha value is -3.73. The Morgan fingerprint density at radius 1 is 0.833 bits per heavy atom. The smallest absolute Gasteiger partial charge is 0.219 e. The molecule has 2 aromatic carbocycles. The number of benzene rings is 2. The van der Waals surface area contributed by atoms with Crippen LogP contribution in [0.1, 0.15) is 89.6 Å². The van der Waals surface area contributed by atoms with E-state index in [4.69, 9.17) is 9.47 Å². The van der Waals surface area contributed by atoms with Crippen molar-refractivity contribution in [1.82, 2.24) is 14.8 Å². The number of amides is 1. The van der Waals surface area contributed by atoms with Crippen LogP contribution in [0, 0.1) is 5.92 Å². The van der Waals surface area contributed by atoms with Crippen molar-refractivity contribution < 1.29 is 34.7 Å². The molecule has 2 spiro atoms. The summed E-state index contributed by atoms with van der Waals surface area (Å²) in [7, 11) is 0. The lowest BCUT2D eigenvalue weighted by atomic mass is 9.47. The lowest BCUT2D eigenvalue weighted by molar-refractivity contribution is -0.181. The number of rotatable bonds is 2. The van der Waals surface area contributed by atoms with Crippen LogP contribution in [0.15, 0.2) is 24.3 Å². The van der Waals surface area contributed by atoms with Crippen molar-refractivity contribution in [3.8, 4) is 23.0 Å². The van der Waals surface area contributed by atoms with E-state index in [-0.39, 0.29) is 23.4 Å². The summed E-state index contributed by atoms with van der Waals surface area (Å²) in [6, 6.07) is 6.80. The summed E-state index contributed by atoms with van der Waals surface area (Å²) in [5.41, 5.74) is 3.58. The highest BCUT2D eigenvalue weighted by atomic mass is 16.5. The third kappa shape index (κ3) is 2.64. The van der Waals surface area contributed by atoms with Crippen LogP contribution in [0.2, 0.25) is 0 Å². The summed E-state index contributed by atoms with van der Waals surface area (Å²) in [4.78, 5) is 21.3. The average Bonchev–Trinajstić information content (AvgIpc) is 3.54. The fraction of sp³-hybridized carbons (Fsp3) is 0.553. The first-order valence-electron chi connectivity index (χ1n) is 17.8. The number of nitrogens with one attached hydrogen (secondary N) is 1. The fourth-order valence-electron chi connectivity index (χ4n) is 12.8. The number of aromatic hydroxyl groups is 2. The maximum Gasteiger partial charge on any atom is 0.219 e. The Kier molecular flexibility index (Phi) is 4.53. The van der Waals surface area contributed by atoms with Gasteiger partial charge in [0.05, 0.1) is 33.9 Å². The number of fused-ring (bicyclic) bond motifs is 5. The molecule has 1 amide bonds. The molecule has 4 aliphatic heterocycles. The van der Waals surface area contributed by atoms with Gasteiger partial charge in [0.1, 0.15) is 5.60 Å². The van der Waals surface area contributed by atoms with E-state index in [0.717, 1.165) is 64.3 Å². The molecule has 2 saturated heterocycles. The number of phenolic OH excluding ortho intramolecular Hbond substituents is 2. The zero-order valence-corrected chi connectivity index (χ0v) is 26.9. The minimum atomic E-state index is -1.35. The fourth-order valence-corrected chi connectivity index (χ4v) is 12.8. The number of nitrogens with zero attached hydrogens (tertiary/aromatic N) is 2. The highest BCUT2D eigenvalue weighted by Gasteiger charge is 2.76. The maximum atomic E-state index is 13.4. The highest BCUT2D eigenvalue weighted by Crippen LogP contribution is 2.72. The first-order valence-corrected chi connectivity index (χ1v) is 17.8. The van der Waals surface area contributed by atoms with Crippen LogP contribution >= 0.6 is 0 Å². The molecule has 1 saturated carbocycles. The molecule has 0 radical (unpaired) electrons. The number of aromatic nitrogens is 1. The monoisotopic (exact) mass is 649 g/mol. The largest absolute Gasteiger partial charge is 0.504 e. The van der Waals surface area contributed by atoms with Crippen molar-refractivity contribution in [2.24, 2.45) is 5.92 Å². The molecule has 10 nitrogen and oxygen atoms in total. The number of H-pyrrole nitrogens is 1. The van der Waals surface area contributed by atoms with Crippen LogP contribution in [0.4, 0.5) is 0 Å². The molecule has 5 N–H and O–H groups in total. The van der Waals surface area contributed by atoms with Gasteiger partial charge in [-0.05, 0) is 85.4 Å². The van der Waals surface area contributed by atoms with Crippen molar-refractivity contribution in [2.45, 2.75) is 105 Å². The molecule has 9 aliphatic rings. The third-order valence-electron chi connectivity index (χ3n) is 14.8. The van der Waals surface area contributed by atoms with E-state index in [0.29, 0.717) is 56.1 Å². The first-order chi connectivity index (χ1) is 23.1. The molecule has 248 valence electrons. The Balaban J connectivity index is 1.10. The summed E-state index contributed by atoms with van der Waals surface area (Å²) in [5, 5.41) is 49.0. The van der Waals surface area contributed by atoms with Crippen molar-refractivity contribution in [2.75, 3.05) is 19.6 Å². The van der Waals surface area contributed by atoms with Crippen molar-refractivity contribution in [3.63, 3.8) is 0 Å². The van der Waals surface area contributed by atoms with Crippen LogP contribution < -0.4 is 9.47 Å². The second-order valence-electron chi connectivity index (χ2n) is 16.5. The number of piperidine rings is 2. The molecule has 8 atom stereocenters. The summed E-state index contributed by atoms with van der Waals surface area (Å²) in [6.45, 7) is 3.92. The number of phenols is 2. The Labute approximate surface area is 277 Å². The van der Waals surface area contributed by atoms with Crippen molar-refractivity contribution in [3.05, 3.63) is 69.0 Å². The number of aliphatic hydroxyl groups is 2. The van der Waals surface area contributed by atoms with Gasteiger partial charge in [-0.15, -0.1) is 0 Å². The molecule has 1 aromatic heterocycles. The van der Waals surface area contributed by atoms with E-state index in [2.05, 4.69) is 9.88 Å². The number of hydrogen-bond donors (Lipinski definition) is 5. The van der Waals surface area contributed by atoms with Gasteiger partial charge in [-0.25, -0.2) is 0 Å². The van der Waals surface area contributed by atoms with Gasteiger partial charge in [0, 0.05) is 50.0 Å². The van der Waals surface area contributed by atoms with Gasteiger partial charge in [0.25, 0.3) is 0 Å². The molecule has 48 heavy (non-hydrogen) atoms. The molecule has 12 rings (SSSR count). The summed E-state index contributed by atoms with van der Waals surface area (Å²) >= 11 is 0. The first kappa shape index (κ1) is 27.1. The molecular formula is C38H39N3O7.